The van der Waals surface area contributed by atoms with E-state index in [0.29, 0.717) is 0 Å². The van der Waals surface area contributed by atoms with E-state index in [2.05, 4.69) is 269 Å². The molecular formula is C72H76BN3. The molecule has 2 atom stereocenters. The molecule has 5 aliphatic rings. The van der Waals surface area contributed by atoms with Crippen LogP contribution in [0.3, 0.4) is 0 Å². The van der Waals surface area contributed by atoms with Crippen molar-refractivity contribution in [3.8, 4) is 22.3 Å². The van der Waals surface area contributed by atoms with Gasteiger partial charge < -0.3 is 14.7 Å². The van der Waals surface area contributed by atoms with Crippen LogP contribution in [0.1, 0.15) is 142 Å². The molecule has 8 aromatic rings. The van der Waals surface area contributed by atoms with E-state index in [4.69, 9.17) is 0 Å². The van der Waals surface area contributed by atoms with Crippen LogP contribution in [0.15, 0.2) is 158 Å². The van der Waals surface area contributed by atoms with Crippen molar-refractivity contribution < 1.29 is 0 Å². The number of rotatable bonds is 5. The summed E-state index contributed by atoms with van der Waals surface area (Å²) in [5.74, 6) is 0. The summed E-state index contributed by atoms with van der Waals surface area (Å²) in [5, 5.41) is 0. The molecule has 0 amide bonds. The first-order valence-corrected chi connectivity index (χ1v) is 28.3. The van der Waals surface area contributed by atoms with Crippen molar-refractivity contribution in [2.45, 2.75) is 150 Å². The van der Waals surface area contributed by atoms with Crippen molar-refractivity contribution in [3.05, 3.63) is 197 Å². The maximum absolute atomic E-state index is 2.77. The van der Waals surface area contributed by atoms with Crippen LogP contribution in [-0.4, -0.2) is 12.3 Å². The number of nitrogens with zero attached hydrogens (tertiary/aromatic N) is 3. The monoisotopic (exact) mass is 994 g/mol. The predicted octanol–water partition coefficient (Wildman–Crippen LogP) is 17.4. The Hall–Kier alpha value is -6.78. The van der Waals surface area contributed by atoms with E-state index in [9.17, 15) is 0 Å². The molecule has 0 aromatic heterocycles. The summed E-state index contributed by atoms with van der Waals surface area (Å²) >= 11 is 0. The zero-order valence-electron chi connectivity index (χ0n) is 47.8. The summed E-state index contributed by atoms with van der Waals surface area (Å²) in [6, 6.07) is 62.3. The third kappa shape index (κ3) is 7.28. The summed E-state index contributed by atoms with van der Waals surface area (Å²) in [6.07, 6.45) is 4.48. The quantitative estimate of drug-likeness (QED) is 0.159. The number of hydrogen-bond donors (Lipinski definition) is 0. The highest BCUT2D eigenvalue weighted by molar-refractivity contribution is 7.00. The van der Waals surface area contributed by atoms with Crippen molar-refractivity contribution in [2.75, 3.05) is 14.7 Å². The van der Waals surface area contributed by atoms with Crippen molar-refractivity contribution >= 4 is 68.6 Å². The zero-order valence-corrected chi connectivity index (χ0v) is 47.8. The van der Waals surface area contributed by atoms with Gasteiger partial charge in [0.15, 0.2) is 0 Å². The SMILES string of the molecule is Cc1cc2c3c(c1)N(c1ccc(C(C)(C)C)cc1-c1ccccc1)c1cc4c(cc1B3c1cc(N3c5ccc(C(C)(C)C)cc5C5(C)CCC35C)ccc1N2c1ccc(C(C)(C)C)cc1-c1ccccc1)CC(C)(C)C4. The highest BCUT2D eigenvalue weighted by Gasteiger charge is 2.63. The third-order valence-corrected chi connectivity index (χ3v) is 19.0. The van der Waals surface area contributed by atoms with Gasteiger partial charge in [-0.15, -0.1) is 0 Å². The van der Waals surface area contributed by atoms with E-state index in [1.54, 1.807) is 0 Å². The van der Waals surface area contributed by atoms with Gasteiger partial charge in [0.2, 0.25) is 0 Å². The standard InChI is InChI=1S/C72H76BN3/c1-45-35-64-66-65(36-45)75(60-30-26-51(68(5,6)7)40-55(60)47-23-19-16-20-24-47)63-38-49-44-70(11,12)43-48(49)37-57(63)73(66)58-42-53(76-61-31-27-52(69(8,9)10)41-56(61)71(13)33-34-72(71,76)14)28-32-62(58)74(64)59-29-25-50(67(2,3)4)39-54(59)46-21-17-15-18-22-46/h15-32,35-42H,33-34,43-44H2,1-14H3. The fraction of sp³-hybridized carbons (Fsp3) is 0.333. The van der Waals surface area contributed by atoms with Gasteiger partial charge in [-0.05, 0) is 194 Å². The van der Waals surface area contributed by atoms with Gasteiger partial charge in [-0.25, -0.2) is 0 Å². The predicted molar refractivity (Wildman–Crippen MR) is 327 cm³/mol. The molecule has 1 saturated carbocycles. The molecule has 8 aromatic carbocycles. The topological polar surface area (TPSA) is 9.72 Å². The molecule has 0 spiro atoms. The first-order valence-electron chi connectivity index (χ1n) is 28.3. The molecule has 2 unspecified atom stereocenters. The Morgan fingerprint density at radius 3 is 1.42 bits per heavy atom. The summed E-state index contributed by atoms with van der Waals surface area (Å²) in [5.41, 5.74) is 29.2. The Labute approximate surface area is 455 Å². The van der Waals surface area contributed by atoms with Gasteiger partial charge >= 0.3 is 0 Å². The van der Waals surface area contributed by atoms with Crippen LogP contribution in [0, 0.1) is 12.3 Å². The smallest absolute Gasteiger partial charge is 0.252 e. The Morgan fingerprint density at radius 2 is 0.908 bits per heavy atom. The molecule has 13 rings (SSSR count). The van der Waals surface area contributed by atoms with Crippen molar-refractivity contribution in [1.82, 2.24) is 0 Å². The van der Waals surface area contributed by atoms with Crippen LogP contribution in [0.4, 0.5) is 45.5 Å². The van der Waals surface area contributed by atoms with Gasteiger partial charge in [-0.2, -0.15) is 0 Å². The van der Waals surface area contributed by atoms with Crippen molar-refractivity contribution in [3.63, 3.8) is 0 Å². The molecule has 3 heterocycles. The second-order valence-electron chi connectivity index (χ2n) is 27.9. The van der Waals surface area contributed by atoms with E-state index < -0.39 is 0 Å². The maximum atomic E-state index is 2.77. The van der Waals surface area contributed by atoms with E-state index in [0.717, 1.165) is 19.3 Å². The Bertz CT molecular complexity index is 3700. The fourth-order valence-corrected chi connectivity index (χ4v) is 14.4. The molecule has 76 heavy (non-hydrogen) atoms. The zero-order chi connectivity index (χ0) is 53.2. The normalized spacial score (nSPS) is 19.9. The minimum Gasteiger partial charge on any atom is -0.334 e. The largest absolute Gasteiger partial charge is 0.334 e. The minimum atomic E-state index is -0.0569. The molecule has 382 valence electrons. The summed E-state index contributed by atoms with van der Waals surface area (Å²) in [7, 11) is 0. The lowest BCUT2D eigenvalue weighted by atomic mass is 9.33. The Balaban J connectivity index is 1.13. The second-order valence-corrected chi connectivity index (χ2v) is 27.9. The first-order chi connectivity index (χ1) is 35.9. The highest BCUT2D eigenvalue weighted by atomic mass is 15.3. The summed E-state index contributed by atoms with van der Waals surface area (Å²) in [4.78, 5) is 8.13. The molecule has 2 aliphatic carbocycles. The summed E-state index contributed by atoms with van der Waals surface area (Å²) < 4.78 is 0. The van der Waals surface area contributed by atoms with Gasteiger partial charge in [-0.1, -0.05) is 174 Å². The number of anilines is 8. The fourth-order valence-electron chi connectivity index (χ4n) is 14.4. The number of fused-ring (bicyclic) bond motifs is 8. The van der Waals surface area contributed by atoms with Crippen LogP contribution in [0.25, 0.3) is 22.3 Å². The van der Waals surface area contributed by atoms with Gasteiger partial charge in [0.25, 0.3) is 6.71 Å². The lowest BCUT2D eigenvalue weighted by Crippen LogP contribution is -2.62. The third-order valence-electron chi connectivity index (χ3n) is 19.0. The highest BCUT2D eigenvalue weighted by Crippen LogP contribution is 2.65. The lowest BCUT2D eigenvalue weighted by molar-refractivity contribution is 0.133. The second kappa shape index (κ2) is 16.4. The molecule has 0 saturated heterocycles. The average molecular weight is 994 g/mol. The molecular weight excluding hydrogens is 918 g/mol. The van der Waals surface area contributed by atoms with Crippen molar-refractivity contribution in [2.24, 2.45) is 5.41 Å². The average Bonchev–Trinajstić information content (AvgIpc) is 3.85. The molecule has 3 aliphatic heterocycles. The molecule has 4 heteroatoms. The van der Waals surface area contributed by atoms with Gasteiger partial charge in [-0.3, -0.25) is 0 Å². The van der Waals surface area contributed by atoms with Crippen LogP contribution >= 0.6 is 0 Å². The molecule has 0 radical (unpaired) electrons. The number of hydrogen-bond acceptors (Lipinski definition) is 3. The van der Waals surface area contributed by atoms with Crippen LogP contribution in [0.2, 0.25) is 0 Å². The van der Waals surface area contributed by atoms with E-state index in [1.807, 2.05) is 0 Å². The molecule has 1 fully saturated rings. The Morgan fingerprint density at radius 1 is 0.434 bits per heavy atom. The lowest BCUT2D eigenvalue weighted by Gasteiger charge is -2.56. The Kier molecular flexibility index (Phi) is 10.5. The summed E-state index contributed by atoms with van der Waals surface area (Å²) in [6.45, 7) is 33.4. The van der Waals surface area contributed by atoms with E-state index >= 15 is 0 Å². The van der Waals surface area contributed by atoms with Gasteiger partial charge in [0.05, 0.1) is 16.9 Å². The minimum absolute atomic E-state index is 0.0222. The van der Waals surface area contributed by atoms with E-state index in [1.165, 1.54) is 130 Å². The molecule has 0 bridgehead atoms. The first kappa shape index (κ1) is 48.8. The van der Waals surface area contributed by atoms with Gasteiger partial charge in [0, 0.05) is 50.7 Å². The number of aryl methyl sites for hydroxylation is 1. The van der Waals surface area contributed by atoms with Crippen LogP contribution < -0.4 is 31.1 Å². The van der Waals surface area contributed by atoms with Crippen LogP contribution in [0.5, 0.6) is 0 Å². The van der Waals surface area contributed by atoms with E-state index in [-0.39, 0.29) is 39.3 Å². The molecule has 0 N–H and O–H groups in total. The van der Waals surface area contributed by atoms with Gasteiger partial charge in [0.1, 0.15) is 0 Å². The number of benzene rings is 8. The maximum Gasteiger partial charge on any atom is 0.252 e. The molecule has 3 nitrogen and oxygen atoms in total. The van der Waals surface area contributed by atoms with Crippen molar-refractivity contribution in [1.29, 1.82) is 0 Å². The van der Waals surface area contributed by atoms with Crippen LogP contribution in [-0.2, 0) is 34.5 Å².